The van der Waals surface area contributed by atoms with Crippen LogP contribution in [0.4, 0.5) is 10.1 Å². The average molecular weight is 271 g/mol. The van der Waals surface area contributed by atoms with Crippen molar-refractivity contribution in [2.75, 3.05) is 5.32 Å². The van der Waals surface area contributed by atoms with Crippen molar-refractivity contribution in [3.8, 4) is 0 Å². The highest BCUT2D eigenvalue weighted by Crippen LogP contribution is 2.38. The lowest BCUT2D eigenvalue weighted by atomic mass is 10.2. The van der Waals surface area contributed by atoms with E-state index in [1.165, 1.54) is 12.4 Å². The Labute approximate surface area is 116 Å². The number of amides is 1. The summed E-state index contributed by atoms with van der Waals surface area (Å²) in [5.41, 5.74) is 2.17. The predicted molar refractivity (Wildman–Crippen MR) is 73.1 cm³/mol. The van der Waals surface area contributed by atoms with Gasteiger partial charge in [-0.15, -0.1) is 0 Å². The minimum Gasteiger partial charge on any atom is -0.321 e. The quantitative estimate of drug-likeness (QED) is 0.933. The van der Waals surface area contributed by atoms with Crippen LogP contribution in [0.3, 0.4) is 0 Å². The maximum Gasteiger partial charge on any atom is 0.274 e. The van der Waals surface area contributed by atoms with Gasteiger partial charge in [-0.2, -0.15) is 0 Å². The lowest BCUT2D eigenvalue weighted by molar-refractivity contribution is 0.102. The first-order valence-corrected chi connectivity index (χ1v) is 6.53. The molecule has 1 saturated carbocycles. The molecule has 0 radical (unpaired) electrons. The molecule has 1 aliphatic rings. The van der Waals surface area contributed by atoms with E-state index in [4.69, 9.17) is 0 Å². The molecule has 0 atom stereocenters. The summed E-state index contributed by atoms with van der Waals surface area (Å²) in [5, 5.41) is 2.64. The van der Waals surface area contributed by atoms with Gasteiger partial charge >= 0.3 is 0 Å². The molecule has 1 heterocycles. The van der Waals surface area contributed by atoms with Crippen molar-refractivity contribution in [3.05, 3.63) is 53.4 Å². The highest BCUT2D eigenvalue weighted by atomic mass is 19.1. The summed E-state index contributed by atoms with van der Waals surface area (Å²) in [6.45, 7) is 1.67. The van der Waals surface area contributed by atoms with Crippen LogP contribution in [0.2, 0.25) is 0 Å². The molecule has 0 unspecified atom stereocenters. The molecule has 1 amide bonds. The first-order chi connectivity index (χ1) is 9.63. The van der Waals surface area contributed by atoms with Gasteiger partial charge in [-0.05, 0) is 43.5 Å². The minimum atomic E-state index is -0.349. The first kappa shape index (κ1) is 12.7. The summed E-state index contributed by atoms with van der Waals surface area (Å²) in [5.74, 6) is -0.233. The monoisotopic (exact) mass is 271 g/mol. The molecule has 1 N–H and O–H groups in total. The molecule has 1 aromatic heterocycles. The van der Waals surface area contributed by atoms with Gasteiger partial charge in [0, 0.05) is 17.3 Å². The fraction of sp³-hybridized carbons (Fsp3) is 0.267. The van der Waals surface area contributed by atoms with Crippen LogP contribution in [0, 0.1) is 12.7 Å². The Kier molecular flexibility index (Phi) is 3.18. The smallest absolute Gasteiger partial charge is 0.274 e. The van der Waals surface area contributed by atoms with Gasteiger partial charge in [-0.25, -0.2) is 14.4 Å². The number of carbonyl (C=O) groups is 1. The lowest BCUT2D eigenvalue weighted by Crippen LogP contribution is -2.14. The lowest BCUT2D eigenvalue weighted by Gasteiger charge is -2.06. The summed E-state index contributed by atoms with van der Waals surface area (Å²) in [7, 11) is 0. The first-order valence-electron chi connectivity index (χ1n) is 6.53. The Morgan fingerprint density at radius 1 is 1.30 bits per heavy atom. The molecule has 0 aliphatic heterocycles. The third kappa shape index (κ3) is 2.66. The highest BCUT2D eigenvalue weighted by Gasteiger charge is 2.25. The molecule has 3 rings (SSSR count). The van der Waals surface area contributed by atoms with Gasteiger partial charge < -0.3 is 5.32 Å². The molecule has 1 aliphatic carbocycles. The number of benzene rings is 1. The highest BCUT2D eigenvalue weighted by molar-refractivity contribution is 6.02. The van der Waals surface area contributed by atoms with Gasteiger partial charge in [-0.1, -0.05) is 6.07 Å². The maximum absolute atomic E-state index is 13.4. The van der Waals surface area contributed by atoms with Crippen LogP contribution in [0.25, 0.3) is 0 Å². The SMILES string of the molecule is Cc1ccc(NC(=O)c2cc(C3CC3)ncn2)cc1F. The fourth-order valence-electron chi connectivity index (χ4n) is 1.96. The van der Waals surface area contributed by atoms with E-state index in [0.29, 0.717) is 22.9 Å². The number of aryl methyl sites for hydroxylation is 1. The average Bonchev–Trinajstić information content (AvgIpc) is 3.28. The van der Waals surface area contributed by atoms with Gasteiger partial charge in [0.25, 0.3) is 5.91 Å². The Balaban J connectivity index is 1.78. The normalized spacial score (nSPS) is 14.1. The topological polar surface area (TPSA) is 54.9 Å². The summed E-state index contributed by atoms with van der Waals surface area (Å²) >= 11 is 0. The van der Waals surface area contributed by atoms with Crippen molar-refractivity contribution in [2.45, 2.75) is 25.7 Å². The maximum atomic E-state index is 13.4. The zero-order valence-corrected chi connectivity index (χ0v) is 11.1. The molecule has 0 spiro atoms. The van der Waals surface area contributed by atoms with Crippen molar-refractivity contribution >= 4 is 11.6 Å². The molecule has 20 heavy (non-hydrogen) atoms. The zero-order chi connectivity index (χ0) is 14.1. The second-order valence-corrected chi connectivity index (χ2v) is 5.02. The van der Waals surface area contributed by atoms with E-state index >= 15 is 0 Å². The molecule has 1 fully saturated rings. The van der Waals surface area contributed by atoms with Crippen LogP contribution < -0.4 is 5.32 Å². The predicted octanol–water partition coefficient (Wildman–Crippen LogP) is 3.05. The van der Waals surface area contributed by atoms with Gasteiger partial charge in [0.1, 0.15) is 17.8 Å². The fourth-order valence-corrected chi connectivity index (χ4v) is 1.96. The van der Waals surface area contributed by atoms with E-state index in [-0.39, 0.29) is 11.7 Å². The van der Waals surface area contributed by atoms with Crippen LogP contribution in [0.15, 0.2) is 30.6 Å². The minimum absolute atomic E-state index is 0.308. The largest absolute Gasteiger partial charge is 0.321 e. The molecule has 1 aromatic carbocycles. The van der Waals surface area contributed by atoms with E-state index in [1.807, 2.05) is 0 Å². The van der Waals surface area contributed by atoms with Crippen LogP contribution in [-0.4, -0.2) is 15.9 Å². The van der Waals surface area contributed by atoms with Crippen LogP contribution >= 0.6 is 0 Å². The Hall–Kier alpha value is -2.30. The molecular formula is C15H14FN3O. The number of rotatable bonds is 3. The Morgan fingerprint density at radius 2 is 2.10 bits per heavy atom. The van der Waals surface area contributed by atoms with Crippen molar-refractivity contribution < 1.29 is 9.18 Å². The third-order valence-corrected chi connectivity index (χ3v) is 3.35. The van der Waals surface area contributed by atoms with Crippen LogP contribution in [0.1, 0.15) is 40.5 Å². The molecule has 0 bridgehead atoms. The summed E-state index contributed by atoms with van der Waals surface area (Å²) in [6, 6.07) is 6.30. The number of hydrogen-bond acceptors (Lipinski definition) is 3. The molecule has 5 heteroatoms. The van der Waals surface area contributed by atoms with Crippen LogP contribution in [-0.2, 0) is 0 Å². The van der Waals surface area contributed by atoms with E-state index in [9.17, 15) is 9.18 Å². The van der Waals surface area contributed by atoms with Crippen molar-refractivity contribution in [3.63, 3.8) is 0 Å². The van der Waals surface area contributed by atoms with Crippen molar-refractivity contribution in [1.29, 1.82) is 0 Å². The third-order valence-electron chi connectivity index (χ3n) is 3.35. The zero-order valence-electron chi connectivity index (χ0n) is 11.1. The Bertz CT molecular complexity index is 668. The van der Waals surface area contributed by atoms with E-state index < -0.39 is 0 Å². The summed E-state index contributed by atoms with van der Waals surface area (Å²) < 4.78 is 13.4. The number of halogens is 1. The van der Waals surface area contributed by atoms with E-state index in [0.717, 1.165) is 18.5 Å². The van der Waals surface area contributed by atoms with Gasteiger partial charge in [0.2, 0.25) is 0 Å². The van der Waals surface area contributed by atoms with Crippen LogP contribution in [0.5, 0.6) is 0 Å². The number of aromatic nitrogens is 2. The molecule has 102 valence electrons. The van der Waals surface area contributed by atoms with E-state index in [2.05, 4.69) is 15.3 Å². The number of nitrogens with zero attached hydrogens (tertiary/aromatic N) is 2. The molecular weight excluding hydrogens is 257 g/mol. The van der Waals surface area contributed by atoms with Gasteiger partial charge in [0.15, 0.2) is 0 Å². The number of nitrogens with one attached hydrogen (secondary N) is 1. The number of hydrogen-bond donors (Lipinski definition) is 1. The summed E-state index contributed by atoms with van der Waals surface area (Å²) in [6.07, 6.45) is 3.63. The standard InChI is InChI=1S/C15H14FN3O/c1-9-2-5-11(6-12(9)16)19-15(20)14-7-13(10-3-4-10)17-8-18-14/h2,5-8,10H,3-4H2,1H3,(H,19,20). The van der Waals surface area contributed by atoms with Gasteiger partial charge in [0.05, 0.1) is 0 Å². The molecule has 0 saturated heterocycles. The van der Waals surface area contributed by atoms with Gasteiger partial charge in [-0.3, -0.25) is 4.79 Å². The van der Waals surface area contributed by atoms with E-state index in [1.54, 1.807) is 25.1 Å². The second-order valence-electron chi connectivity index (χ2n) is 5.02. The second kappa shape index (κ2) is 5.00. The number of carbonyl (C=O) groups excluding carboxylic acids is 1. The van der Waals surface area contributed by atoms with Crippen molar-refractivity contribution in [2.24, 2.45) is 0 Å². The molecule has 2 aromatic rings. The van der Waals surface area contributed by atoms with Crippen molar-refractivity contribution in [1.82, 2.24) is 9.97 Å². The molecule has 4 nitrogen and oxygen atoms in total. The Morgan fingerprint density at radius 3 is 2.80 bits per heavy atom. The number of anilines is 1. The summed E-state index contributed by atoms with van der Waals surface area (Å²) in [4.78, 5) is 20.2.